The molecule has 0 bridgehead atoms. The number of carbonyl (C=O) groups excluding carboxylic acids is 1. The van der Waals surface area contributed by atoms with Gasteiger partial charge in [-0.1, -0.05) is 12.1 Å². The molecule has 0 fully saturated rings. The Hall–Kier alpha value is -2.44. The summed E-state index contributed by atoms with van der Waals surface area (Å²) in [4.78, 5) is 11.7. The number of sulfone groups is 1. The van der Waals surface area contributed by atoms with E-state index < -0.39 is 20.9 Å². The van der Waals surface area contributed by atoms with Crippen LogP contribution in [-0.2, 0) is 14.6 Å². The molecular weight excluding hydrogens is 403 g/mol. The molecule has 0 spiro atoms. The lowest BCUT2D eigenvalue weighted by Crippen LogP contribution is -1.96. The van der Waals surface area contributed by atoms with Crippen LogP contribution >= 0.6 is 11.6 Å². The Morgan fingerprint density at radius 3 is 2.36 bits per heavy atom. The fourth-order valence-corrected chi connectivity index (χ4v) is 4.04. The topological polar surface area (TPSA) is 60.4 Å². The predicted molar refractivity (Wildman–Crippen MR) is 108 cm³/mol. The summed E-state index contributed by atoms with van der Waals surface area (Å²) in [5.74, 6) is -0.421. The van der Waals surface area contributed by atoms with Gasteiger partial charge in [-0.2, -0.15) is 0 Å². The second kappa shape index (κ2) is 7.53. The third kappa shape index (κ3) is 3.88. The molecule has 0 aliphatic heterocycles. The smallest absolute Gasteiger partial charge is 0.226 e. The third-order valence-electron chi connectivity index (χ3n) is 4.70. The minimum absolute atomic E-state index is 0.0134. The lowest BCUT2D eigenvalue weighted by Gasteiger charge is -2.09. The van der Waals surface area contributed by atoms with Crippen LogP contribution in [0, 0.1) is 5.82 Å². The van der Waals surface area contributed by atoms with Crippen molar-refractivity contribution in [2.24, 2.45) is 0 Å². The first-order valence-electron chi connectivity index (χ1n) is 8.40. The maximum absolute atomic E-state index is 14.3. The molecule has 1 aliphatic carbocycles. The van der Waals surface area contributed by atoms with Gasteiger partial charge in [0.25, 0.3) is 0 Å². The summed E-state index contributed by atoms with van der Waals surface area (Å²) in [5.41, 5.74) is 4.36. The molecule has 0 aromatic heterocycles. The van der Waals surface area contributed by atoms with Crippen molar-refractivity contribution in [1.82, 2.24) is 0 Å². The van der Waals surface area contributed by atoms with Crippen LogP contribution < -0.4 is 4.74 Å². The summed E-state index contributed by atoms with van der Waals surface area (Å²) < 4.78 is 42.6. The highest BCUT2D eigenvalue weighted by atomic mass is 35.5. The van der Waals surface area contributed by atoms with Crippen molar-refractivity contribution in [3.05, 3.63) is 64.5 Å². The van der Waals surface area contributed by atoms with E-state index in [0.717, 1.165) is 23.0 Å². The van der Waals surface area contributed by atoms with E-state index in [1.54, 1.807) is 18.2 Å². The average Bonchev–Trinajstić information content (AvgIpc) is 2.85. The average molecular weight is 421 g/mol. The Morgan fingerprint density at radius 2 is 1.82 bits per heavy atom. The first-order chi connectivity index (χ1) is 13.1. The zero-order chi connectivity index (χ0) is 20.6. The first-order valence-corrected chi connectivity index (χ1v) is 10.7. The molecule has 0 atom stereocenters. The number of halogens is 2. The van der Waals surface area contributed by atoms with Crippen molar-refractivity contribution in [2.45, 2.75) is 18.2 Å². The summed E-state index contributed by atoms with van der Waals surface area (Å²) in [6.45, 7) is 1.84. The Morgan fingerprint density at radius 1 is 1.18 bits per heavy atom. The van der Waals surface area contributed by atoms with E-state index in [4.69, 9.17) is 16.3 Å². The van der Waals surface area contributed by atoms with Gasteiger partial charge >= 0.3 is 0 Å². The van der Waals surface area contributed by atoms with Crippen LogP contribution in [0.15, 0.2) is 46.9 Å². The van der Waals surface area contributed by atoms with Gasteiger partial charge in [0.2, 0.25) is 5.24 Å². The molecule has 2 aromatic carbocycles. The molecule has 0 amide bonds. The monoisotopic (exact) mass is 420 g/mol. The van der Waals surface area contributed by atoms with Gasteiger partial charge in [0, 0.05) is 12.7 Å². The van der Waals surface area contributed by atoms with Crippen LogP contribution in [0.3, 0.4) is 0 Å². The molecular formula is C21H18ClFO4S. The highest BCUT2D eigenvalue weighted by Crippen LogP contribution is 2.45. The van der Waals surface area contributed by atoms with E-state index >= 15 is 0 Å². The first kappa shape index (κ1) is 20.3. The summed E-state index contributed by atoms with van der Waals surface area (Å²) in [5, 5.41) is -0.512. The van der Waals surface area contributed by atoms with Crippen molar-refractivity contribution in [2.75, 3.05) is 13.4 Å². The highest BCUT2D eigenvalue weighted by Gasteiger charge is 2.27. The van der Waals surface area contributed by atoms with Crippen LogP contribution in [0.5, 0.6) is 5.75 Å². The van der Waals surface area contributed by atoms with Crippen LogP contribution in [0.1, 0.15) is 30.0 Å². The predicted octanol–water partition coefficient (Wildman–Crippen LogP) is 4.72. The zero-order valence-electron chi connectivity index (χ0n) is 15.5. The van der Waals surface area contributed by atoms with Crippen LogP contribution in [-0.4, -0.2) is 27.0 Å². The van der Waals surface area contributed by atoms with Gasteiger partial charge < -0.3 is 4.74 Å². The maximum atomic E-state index is 14.3. The molecule has 0 N–H and O–H groups in total. The lowest BCUT2D eigenvalue weighted by molar-refractivity contribution is -0.110. The van der Waals surface area contributed by atoms with Crippen LogP contribution in [0.25, 0.3) is 17.2 Å². The van der Waals surface area contributed by atoms with Gasteiger partial charge in [0.1, 0.15) is 0 Å². The van der Waals surface area contributed by atoms with Crippen molar-refractivity contribution in [3.63, 3.8) is 0 Å². The van der Waals surface area contributed by atoms with Gasteiger partial charge in [-0.15, -0.1) is 0 Å². The van der Waals surface area contributed by atoms with E-state index in [9.17, 15) is 17.6 Å². The van der Waals surface area contributed by atoms with Gasteiger partial charge in [0.15, 0.2) is 21.4 Å². The molecule has 28 heavy (non-hydrogen) atoms. The fourth-order valence-electron chi connectivity index (χ4n) is 3.28. The van der Waals surface area contributed by atoms with Gasteiger partial charge in [-0.05, 0) is 82.3 Å². The summed E-state index contributed by atoms with van der Waals surface area (Å²) >= 11 is 5.61. The minimum atomic E-state index is -3.29. The van der Waals surface area contributed by atoms with Crippen LogP contribution in [0.4, 0.5) is 4.39 Å². The van der Waals surface area contributed by atoms with E-state index in [1.807, 2.05) is 13.0 Å². The molecule has 4 nitrogen and oxygen atoms in total. The SMILES string of the molecule is COc1cc2c(cc1F)C(=Cc1ccc(S(C)(=O)=O)cc1)C(C)=C2CC(=O)Cl. The van der Waals surface area contributed by atoms with Crippen molar-refractivity contribution in [1.29, 1.82) is 0 Å². The van der Waals surface area contributed by atoms with Crippen molar-refractivity contribution in [3.8, 4) is 5.75 Å². The Bertz CT molecular complexity index is 1130. The molecule has 0 unspecified atom stereocenters. The fraction of sp³-hybridized carbons (Fsp3) is 0.190. The number of ether oxygens (including phenoxy) is 1. The van der Waals surface area contributed by atoms with Crippen molar-refractivity contribution < 1.29 is 22.3 Å². The maximum Gasteiger partial charge on any atom is 0.226 e. The van der Waals surface area contributed by atoms with Crippen molar-refractivity contribution >= 4 is 43.9 Å². The molecule has 0 saturated carbocycles. The standard InChI is InChI=1S/C21H18ClFO4S/c1-12-15(8-13-4-6-14(7-5-13)28(3,25)26)17-9-19(23)20(27-2)10-18(17)16(12)11-21(22)24/h4-10H,11H2,1-3H3. The number of hydrogen-bond donors (Lipinski definition) is 0. The molecule has 3 rings (SSSR count). The largest absolute Gasteiger partial charge is 0.494 e. The second-order valence-corrected chi connectivity index (χ2v) is 9.00. The Balaban J connectivity index is 2.15. The summed E-state index contributed by atoms with van der Waals surface area (Å²) in [6.07, 6.45) is 2.99. The summed E-state index contributed by atoms with van der Waals surface area (Å²) in [6, 6.07) is 9.35. The normalized spacial score (nSPS) is 15.1. The summed E-state index contributed by atoms with van der Waals surface area (Å²) in [7, 11) is -1.91. The molecule has 0 radical (unpaired) electrons. The lowest BCUT2D eigenvalue weighted by atomic mass is 10.00. The minimum Gasteiger partial charge on any atom is -0.494 e. The number of benzene rings is 2. The van der Waals surface area contributed by atoms with E-state index in [-0.39, 0.29) is 17.1 Å². The third-order valence-corrected chi connectivity index (χ3v) is 5.96. The number of rotatable bonds is 5. The zero-order valence-corrected chi connectivity index (χ0v) is 17.1. The molecule has 2 aromatic rings. The van der Waals surface area contributed by atoms with E-state index in [2.05, 4.69) is 0 Å². The number of carbonyl (C=O) groups is 1. The Labute approximate surface area is 168 Å². The second-order valence-electron chi connectivity index (χ2n) is 6.57. The molecule has 0 saturated heterocycles. The van der Waals surface area contributed by atoms with E-state index in [1.165, 1.54) is 25.3 Å². The van der Waals surface area contributed by atoms with E-state index in [0.29, 0.717) is 16.7 Å². The number of methoxy groups -OCH3 is 1. The highest BCUT2D eigenvalue weighted by molar-refractivity contribution is 7.90. The van der Waals surface area contributed by atoms with Gasteiger partial charge in [-0.25, -0.2) is 12.8 Å². The molecule has 146 valence electrons. The quantitative estimate of drug-likeness (QED) is 0.656. The number of fused-ring (bicyclic) bond motifs is 1. The molecule has 0 heterocycles. The van der Waals surface area contributed by atoms with Crippen LogP contribution in [0.2, 0.25) is 0 Å². The number of hydrogen-bond acceptors (Lipinski definition) is 4. The number of allylic oxidation sites excluding steroid dienone is 3. The molecule has 1 aliphatic rings. The molecule has 7 heteroatoms. The van der Waals surface area contributed by atoms with Gasteiger partial charge in [-0.3, -0.25) is 4.79 Å². The van der Waals surface area contributed by atoms with Gasteiger partial charge in [0.05, 0.1) is 12.0 Å². The Kier molecular flexibility index (Phi) is 5.46.